The Kier molecular flexibility index (Phi) is 4.16. The van der Waals surface area contributed by atoms with Crippen molar-refractivity contribution in [1.29, 1.82) is 0 Å². The summed E-state index contributed by atoms with van der Waals surface area (Å²) in [5.74, 6) is 0.613. The first-order valence-electron chi connectivity index (χ1n) is 7.97. The Morgan fingerprint density at radius 1 is 1.35 bits per heavy atom. The van der Waals surface area contributed by atoms with Crippen molar-refractivity contribution in [2.75, 3.05) is 13.2 Å². The molecule has 0 spiro atoms. The maximum atomic E-state index is 5.87. The fourth-order valence-corrected chi connectivity index (χ4v) is 4.23. The summed E-state index contributed by atoms with van der Waals surface area (Å²) in [6, 6.07) is 0.790. The second-order valence-corrected chi connectivity index (χ2v) is 7.63. The lowest BCUT2D eigenvalue weighted by atomic mass is 9.91. The average molecular weight is 294 g/mol. The topological polar surface area (TPSA) is 34.1 Å². The molecule has 1 aromatic rings. The van der Waals surface area contributed by atoms with E-state index in [0.717, 1.165) is 24.2 Å². The molecule has 1 aromatic heterocycles. The predicted molar refractivity (Wildman–Crippen MR) is 83.5 cm³/mol. The van der Waals surface area contributed by atoms with E-state index < -0.39 is 0 Å². The average Bonchev–Trinajstić information content (AvgIpc) is 3.12. The highest BCUT2D eigenvalue weighted by atomic mass is 32.1. The number of aromatic nitrogens is 1. The summed E-state index contributed by atoms with van der Waals surface area (Å²) in [5.41, 5.74) is 1.11. The predicted octanol–water partition coefficient (Wildman–Crippen LogP) is 3.59. The molecule has 1 N–H and O–H groups in total. The van der Waals surface area contributed by atoms with Gasteiger partial charge in [-0.3, -0.25) is 0 Å². The lowest BCUT2D eigenvalue weighted by Gasteiger charge is -2.22. The summed E-state index contributed by atoms with van der Waals surface area (Å²) in [5, 5.41) is 4.83. The molecule has 0 aliphatic heterocycles. The van der Waals surface area contributed by atoms with Crippen LogP contribution >= 0.6 is 11.3 Å². The molecule has 3 rings (SSSR count). The van der Waals surface area contributed by atoms with Crippen molar-refractivity contribution in [3.8, 4) is 0 Å². The summed E-state index contributed by atoms with van der Waals surface area (Å²) in [6.07, 6.45) is 6.51. The third kappa shape index (κ3) is 3.07. The van der Waals surface area contributed by atoms with E-state index in [2.05, 4.69) is 26.1 Å². The Balaban J connectivity index is 1.76. The monoisotopic (exact) mass is 294 g/mol. The van der Waals surface area contributed by atoms with Gasteiger partial charge in [0, 0.05) is 30.0 Å². The molecule has 112 valence electrons. The van der Waals surface area contributed by atoms with Crippen molar-refractivity contribution in [1.82, 2.24) is 10.3 Å². The molecule has 1 fully saturated rings. The molecule has 2 aliphatic carbocycles. The molecule has 3 nitrogen and oxygen atoms in total. The molecule has 0 saturated heterocycles. The van der Waals surface area contributed by atoms with E-state index in [4.69, 9.17) is 9.72 Å². The van der Waals surface area contributed by atoms with Crippen molar-refractivity contribution < 1.29 is 4.74 Å². The first-order chi connectivity index (χ1) is 9.60. The highest BCUT2D eigenvalue weighted by molar-refractivity contribution is 7.11. The zero-order valence-electron chi connectivity index (χ0n) is 12.9. The van der Waals surface area contributed by atoms with Crippen molar-refractivity contribution in [2.45, 2.75) is 70.4 Å². The summed E-state index contributed by atoms with van der Waals surface area (Å²) < 4.78 is 5.87. The van der Waals surface area contributed by atoms with E-state index in [9.17, 15) is 0 Å². The van der Waals surface area contributed by atoms with Crippen LogP contribution in [0.1, 0.15) is 68.0 Å². The first kappa shape index (κ1) is 14.5. The van der Waals surface area contributed by atoms with Crippen molar-refractivity contribution in [3.05, 3.63) is 15.6 Å². The quantitative estimate of drug-likeness (QED) is 0.870. The third-order valence-electron chi connectivity index (χ3n) is 4.32. The zero-order chi connectivity index (χ0) is 14.2. The van der Waals surface area contributed by atoms with Crippen LogP contribution in [0.15, 0.2) is 0 Å². The van der Waals surface area contributed by atoms with E-state index in [1.54, 1.807) is 0 Å². The maximum Gasteiger partial charge on any atom is 0.125 e. The Morgan fingerprint density at radius 2 is 2.15 bits per heavy atom. The van der Waals surface area contributed by atoms with Gasteiger partial charge in [-0.2, -0.15) is 0 Å². The van der Waals surface area contributed by atoms with Gasteiger partial charge in [-0.15, -0.1) is 11.3 Å². The van der Waals surface area contributed by atoms with Gasteiger partial charge in [-0.25, -0.2) is 4.98 Å². The van der Waals surface area contributed by atoms with Gasteiger partial charge < -0.3 is 10.1 Å². The SMILES string of the molecule is CCOC(C)(C)c1nc2c(s1)CCCC2CNC1CC1. The van der Waals surface area contributed by atoms with Crippen LogP contribution in [-0.2, 0) is 16.8 Å². The summed E-state index contributed by atoms with van der Waals surface area (Å²) >= 11 is 1.87. The van der Waals surface area contributed by atoms with Crippen LogP contribution in [0, 0.1) is 0 Å². The number of rotatable bonds is 6. The maximum absolute atomic E-state index is 5.87. The van der Waals surface area contributed by atoms with Gasteiger partial charge in [-0.1, -0.05) is 0 Å². The first-order valence-corrected chi connectivity index (χ1v) is 8.79. The minimum atomic E-state index is -0.245. The van der Waals surface area contributed by atoms with Gasteiger partial charge in [0.05, 0.1) is 5.69 Å². The molecule has 0 aromatic carbocycles. The number of ether oxygens (including phenoxy) is 1. The van der Waals surface area contributed by atoms with Crippen LogP contribution in [-0.4, -0.2) is 24.2 Å². The molecular weight excluding hydrogens is 268 g/mol. The Bertz CT molecular complexity index is 465. The summed E-state index contributed by atoms with van der Waals surface area (Å²) in [4.78, 5) is 6.48. The van der Waals surface area contributed by atoms with E-state index in [1.807, 2.05) is 11.3 Å². The second-order valence-electron chi connectivity index (χ2n) is 6.54. The minimum absolute atomic E-state index is 0.245. The minimum Gasteiger partial charge on any atom is -0.369 e. The number of hydrogen-bond donors (Lipinski definition) is 1. The molecule has 0 bridgehead atoms. The van der Waals surface area contributed by atoms with Gasteiger partial charge in [0.2, 0.25) is 0 Å². The van der Waals surface area contributed by atoms with Crippen molar-refractivity contribution >= 4 is 11.3 Å². The third-order valence-corrected chi connectivity index (χ3v) is 5.76. The largest absolute Gasteiger partial charge is 0.369 e. The van der Waals surface area contributed by atoms with Crippen LogP contribution in [0.5, 0.6) is 0 Å². The number of aryl methyl sites for hydroxylation is 1. The lowest BCUT2D eigenvalue weighted by Crippen LogP contribution is -2.26. The number of thiazole rings is 1. The van der Waals surface area contributed by atoms with Gasteiger partial charge in [0.25, 0.3) is 0 Å². The standard InChI is InChI=1S/C16H26N2OS/c1-4-19-16(2,3)15-18-14-11(10-17-12-8-9-12)6-5-7-13(14)20-15/h11-12,17H,4-10H2,1-3H3. The smallest absolute Gasteiger partial charge is 0.125 e. The Labute approximate surface area is 126 Å². The van der Waals surface area contributed by atoms with E-state index in [1.165, 1.54) is 42.7 Å². The summed E-state index contributed by atoms with van der Waals surface area (Å²) in [7, 11) is 0. The number of hydrogen-bond acceptors (Lipinski definition) is 4. The van der Waals surface area contributed by atoms with E-state index in [-0.39, 0.29) is 5.60 Å². The molecule has 1 saturated carbocycles. The van der Waals surface area contributed by atoms with Gasteiger partial charge in [-0.05, 0) is 52.9 Å². The molecular formula is C16H26N2OS. The van der Waals surface area contributed by atoms with Crippen LogP contribution in [0.2, 0.25) is 0 Å². The molecule has 2 aliphatic rings. The van der Waals surface area contributed by atoms with Crippen molar-refractivity contribution in [3.63, 3.8) is 0 Å². The summed E-state index contributed by atoms with van der Waals surface area (Å²) in [6.45, 7) is 8.17. The molecule has 1 atom stereocenters. The van der Waals surface area contributed by atoms with E-state index in [0.29, 0.717) is 5.92 Å². The lowest BCUT2D eigenvalue weighted by molar-refractivity contribution is -0.0142. The van der Waals surface area contributed by atoms with Crippen LogP contribution in [0.4, 0.5) is 0 Å². The van der Waals surface area contributed by atoms with Crippen LogP contribution < -0.4 is 5.32 Å². The van der Waals surface area contributed by atoms with E-state index >= 15 is 0 Å². The molecule has 4 heteroatoms. The number of nitrogens with zero attached hydrogens (tertiary/aromatic N) is 1. The van der Waals surface area contributed by atoms with Crippen LogP contribution in [0.3, 0.4) is 0 Å². The zero-order valence-corrected chi connectivity index (χ0v) is 13.7. The van der Waals surface area contributed by atoms with Gasteiger partial charge >= 0.3 is 0 Å². The second kappa shape index (κ2) is 5.74. The van der Waals surface area contributed by atoms with Gasteiger partial charge in [0.1, 0.15) is 10.6 Å². The highest BCUT2D eigenvalue weighted by Gasteiger charge is 2.31. The van der Waals surface area contributed by atoms with Crippen LogP contribution in [0.25, 0.3) is 0 Å². The number of nitrogens with one attached hydrogen (secondary N) is 1. The molecule has 1 heterocycles. The molecule has 0 radical (unpaired) electrons. The normalized spacial score (nSPS) is 22.9. The fraction of sp³-hybridized carbons (Fsp3) is 0.812. The molecule has 0 amide bonds. The van der Waals surface area contributed by atoms with Crippen molar-refractivity contribution in [2.24, 2.45) is 0 Å². The van der Waals surface area contributed by atoms with Gasteiger partial charge in [0.15, 0.2) is 0 Å². The molecule has 1 unspecified atom stereocenters. The number of fused-ring (bicyclic) bond motifs is 1. The molecule has 20 heavy (non-hydrogen) atoms. The highest BCUT2D eigenvalue weighted by Crippen LogP contribution is 2.39. The fourth-order valence-electron chi connectivity index (χ4n) is 2.98. The Morgan fingerprint density at radius 3 is 2.85 bits per heavy atom. The Hall–Kier alpha value is -0.450.